The van der Waals surface area contributed by atoms with Crippen LogP contribution in [0.2, 0.25) is 10.0 Å². The minimum Gasteiger partial charge on any atom is -0.355 e. The van der Waals surface area contributed by atoms with E-state index in [0.29, 0.717) is 23.7 Å². The molecule has 0 aliphatic carbocycles. The molecule has 120 valence electrons. The average Bonchev–Trinajstić information content (AvgIpc) is 2.46. The summed E-state index contributed by atoms with van der Waals surface area (Å²) in [5.74, 6) is 0.143. The van der Waals surface area contributed by atoms with Crippen LogP contribution in [-0.4, -0.2) is 25.9 Å². The quantitative estimate of drug-likeness (QED) is 0.867. The topological polar surface area (TPSA) is 83.5 Å². The Bertz CT molecular complexity index is 870. The first kappa shape index (κ1) is 16.0. The van der Waals surface area contributed by atoms with Crippen molar-refractivity contribution >= 4 is 44.9 Å². The largest absolute Gasteiger partial charge is 0.355 e. The molecule has 23 heavy (non-hydrogen) atoms. The van der Waals surface area contributed by atoms with Crippen molar-refractivity contribution in [2.24, 2.45) is 4.40 Å². The van der Waals surface area contributed by atoms with Crippen LogP contribution in [0.15, 0.2) is 46.0 Å². The van der Waals surface area contributed by atoms with Gasteiger partial charge in [-0.1, -0.05) is 23.2 Å². The first-order valence-corrected chi connectivity index (χ1v) is 8.89. The van der Waals surface area contributed by atoms with Crippen LogP contribution in [0.25, 0.3) is 0 Å². The summed E-state index contributed by atoms with van der Waals surface area (Å²) in [7, 11) is -3.87. The third kappa shape index (κ3) is 3.57. The number of hydrogen-bond donors (Lipinski definition) is 2. The van der Waals surface area contributed by atoms with E-state index in [1.54, 1.807) is 12.4 Å². The average molecular weight is 371 g/mol. The van der Waals surface area contributed by atoms with Gasteiger partial charge in [0.05, 0.1) is 10.7 Å². The Hall–Kier alpha value is -1.83. The molecule has 2 N–H and O–H groups in total. The third-order valence-electron chi connectivity index (χ3n) is 3.19. The van der Waals surface area contributed by atoms with E-state index in [1.165, 1.54) is 12.1 Å². The van der Waals surface area contributed by atoms with E-state index in [4.69, 9.17) is 23.2 Å². The highest BCUT2D eigenvalue weighted by Crippen LogP contribution is 2.36. The van der Waals surface area contributed by atoms with Gasteiger partial charge in [0.2, 0.25) is 5.96 Å². The molecule has 1 aliphatic heterocycles. The van der Waals surface area contributed by atoms with Crippen molar-refractivity contribution in [3.8, 4) is 0 Å². The molecule has 0 radical (unpaired) electrons. The van der Waals surface area contributed by atoms with Crippen LogP contribution in [0, 0.1) is 0 Å². The van der Waals surface area contributed by atoms with Crippen LogP contribution >= 0.6 is 23.2 Å². The second-order valence-electron chi connectivity index (χ2n) is 4.84. The predicted octanol–water partition coefficient (Wildman–Crippen LogP) is 2.69. The van der Waals surface area contributed by atoms with E-state index < -0.39 is 10.0 Å². The lowest BCUT2D eigenvalue weighted by atomic mass is 10.2. The van der Waals surface area contributed by atoms with Crippen molar-refractivity contribution in [2.75, 3.05) is 11.9 Å². The van der Waals surface area contributed by atoms with Gasteiger partial charge in [-0.3, -0.25) is 4.98 Å². The molecule has 2 aromatic rings. The summed E-state index contributed by atoms with van der Waals surface area (Å²) in [5, 5.41) is 6.24. The second kappa shape index (κ2) is 6.35. The monoisotopic (exact) mass is 370 g/mol. The predicted molar refractivity (Wildman–Crippen MR) is 90.6 cm³/mol. The number of nitrogens with one attached hydrogen (secondary N) is 2. The molecule has 1 aromatic heterocycles. The fourth-order valence-electron chi connectivity index (χ4n) is 2.18. The summed E-state index contributed by atoms with van der Waals surface area (Å²) in [6.07, 6.45) is 4.11. The SMILES string of the molecule is O=S1(=O)N=C(NCCc2ccncc2)Nc2cc(Cl)cc(Cl)c21. The molecule has 9 heteroatoms. The van der Waals surface area contributed by atoms with Gasteiger partial charge in [0.15, 0.2) is 0 Å². The maximum atomic E-state index is 12.2. The van der Waals surface area contributed by atoms with Crippen molar-refractivity contribution in [1.82, 2.24) is 10.3 Å². The van der Waals surface area contributed by atoms with Crippen LogP contribution in [-0.2, 0) is 16.4 Å². The van der Waals surface area contributed by atoms with Gasteiger partial charge >= 0.3 is 0 Å². The Morgan fingerprint density at radius 1 is 1.17 bits per heavy atom. The van der Waals surface area contributed by atoms with Gasteiger partial charge in [0, 0.05) is 24.0 Å². The van der Waals surface area contributed by atoms with Gasteiger partial charge in [-0.2, -0.15) is 8.42 Å². The fraction of sp³-hybridized carbons (Fsp3) is 0.143. The Labute approximate surface area is 143 Å². The zero-order valence-electron chi connectivity index (χ0n) is 11.8. The lowest BCUT2D eigenvalue weighted by molar-refractivity contribution is 0.597. The van der Waals surface area contributed by atoms with Gasteiger partial charge in [0.25, 0.3) is 10.0 Å². The summed E-state index contributed by atoms with van der Waals surface area (Å²) in [6.45, 7) is 0.509. The van der Waals surface area contributed by atoms with Gasteiger partial charge in [0.1, 0.15) is 4.90 Å². The minimum absolute atomic E-state index is 0.0413. The van der Waals surface area contributed by atoms with Crippen molar-refractivity contribution in [1.29, 1.82) is 0 Å². The van der Waals surface area contributed by atoms with Gasteiger partial charge in [-0.25, -0.2) is 0 Å². The van der Waals surface area contributed by atoms with E-state index in [0.717, 1.165) is 5.56 Å². The molecule has 2 heterocycles. The molecule has 0 amide bonds. The minimum atomic E-state index is -3.87. The smallest absolute Gasteiger partial charge is 0.289 e. The number of halogens is 2. The zero-order valence-corrected chi connectivity index (χ0v) is 14.1. The molecule has 1 aromatic carbocycles. The standard InChI is InChI=1S/C14H12Cl2N4O2S/c15-10-7-11(16)13-12(8-10)19-14(20-23(13,21)22)18-6-3-9-1-4-17-5-2-9/h1-2,4-5,7-8H,3,6H2,(H2,18,19,20). The lowest BCUT2D eigenvalue weighted by Crippen LogP contribution is -2.36. The van der Waals surface area contributed by atoms with Gasteiger partial charge < -0.3 is 10.6 Å². The maximum absolute atomic E-state index is 12.2. The van der Waals surface area contributed by atoms with Crippen molar-refractivity contribution < 1.29 is 8.42 Å². The molecular formula is C14H12Cl2N4O2S. The Morgan fingerprint density at radius 3 is 2.65 bits per heavy atom. The Balaban J connectivity index is 1.77. The molecule has 0 atom stereocenters. The summed E-state index contributed by atoms with van der Waals surface area (Å²) < 4.78 is 28.2. The van der Waals surface area contributed by atoms with Crippen molar-refractivity contribution in [3.05, 3.63) is 52.3 Å². The number of rotatable bonds is 3. The summed E-state index contributed by atoms with van der Waals surface area (Å²) >= 11 is 11.9. The molecule has 0 saturated heterocycles. The van der Waals surface area contributed by atoms with Crippen LogP contribution in [0.5, 0.6) is 0 Å². The number of fused-ring (bicyclic) bond motifs is 1. The number of guanidine groups is 1. The number of pyridine rings is 1. The molecule has 0 spiro atoms. The van der Waals surface area contributed by atoms with Crippen LogP contribution < -0.4 is 10.6 Å². The van der Waals surface area contributed by atoms with E-state index >= 15 is 0 Å². The lowest BCUT2D eigenvalue weighted by Gasteiger charge is -2.20. The van der Waals surface area contributed by atoms with Gasteiger partial charge in [-0.15, -0.1) is 4.40 Å². The number of hydrogen-bond acceptors (Lipinski definition) is 5. The number of benzene rings is 1. The highest BCUT2D eigenvalue weighted by Gasteiger charge is 2.28. The summed E-state index contributed by atoms with van der Waals surface area (Å²) in [4.78, 5) is 3.88. The fourth-order valence-corrected chi connectivity index (χ4v) is 4.10. The van der Waals surface area contributed by atoms with E-state index in [-0.39, 0.29) is 15.9 Å². The molecule has 0 unspecified atom stereocenters. The molecule has 0 bridgehead atoms. The van der Waals surface area contributed by atoms with Crippen LogP contribution in [0.1, 0.15) is 5.56 Å². The van der Waals surface area contributed by atoms with Crippen LogP contribution in [0.3, 0.4) is 0 Å². The third-order valence-corrected chi connectivity index (χ3v) is 5.19. The normalized spacial score (nSPS) is 15.3. The van der Waals surface area contributed by atoms with Gasteiger partial charge in [-0.05, 0) is 36.2 Å². The number of aromatic nitrogens is 1. The summed E-state index contributed by atoms with van der Waals surface area (Å²) in [6, 6.07) is 6.66. The molecular weight excluding hydrogens is 359 g/mol. The second-order valence-corrected chi connectivity index (χ2v) is 7.22. The maximum Gasteiger partial charge on any atom is 0.289 e. The van der Waals surface area contributed by atoms with Crippen LogP contribution in [0.4, 0.5) is 5.69 Å². The van der Waals surface area contributed by atoms with E-state index in [1.807, 2.05) is 12.1 Å². The summed E-state index contributed by atoms with van der Waals surface area (Å²) in [5.41, 5.74) is 1.39. The molecule has 3 rings (SSSR count). The molecule has 0 fully saturated rings. The molecule has 6 nitrogen and oxygen atoms in total. The molecule has 1 aliphatic rings. The number of nitrogens with zero attached hydrogens (tertiary/aromatic N) is 2. The Kier molecular flexibility index (Phi) is 4.43. The first-order valence-electron chi connectivity index (χ1n) is 6.69. The Morgan fingerprint density at radius 2 is 1.91 bits per heavy atom. The number of anilines is 1. The first-order chi connectivity index (χ1) is 11.0. The van der Waals surface area contributed by atoms with Crippen molar-refractivity contribution in [2.45, 2.75) is 11.3 Å². The van der Waals surface area contributed by atoms with E-state index in [9.17, 15) is 8.42 Å². The molecule has 0 saturated carbocycles. The number of sulfonamides is 1. The van der Waals surface area contributed by atoms with Crippen molar-refractivity contribution in [3.63, 3.8) is 0 Å². The van der Waals surface area contributed by atoms with E-state index in [2.05, 4.69) is 20.0 Å². The highest BCUT2D eigenvalue weighted by molar-refractivity contribution is 7.90. The highest BCUT2D eigenvalue weighted by atomic mass is 35.5. The zero-order chi connectivity index (χ0) is 16.4.